The molecule has 0 saturated heterocycles. The van der Waals surface area contributed by atoms with Gasteiger partial charge in [0.05, 0.1) is 25.4 Å². The van der Waals surface area contributed by atoms with Crippen molar-refractivity contribution in [2.45, 2.75) is 64.8 Å². The van der Waals surface area contributed by atoms with Crippen molar-refractivity contribution in [2.24, 2.45) is 5.73 Å². The molecule has 0 aliphatic rings. The molecule has 4 nitrogen and oxygen atoms in total. The van der Waals surface area contributed by atoms with E-state index in [4.69, 9.17) is 10.5 Å². The number of ether oxygens (including phenoxy) is 1. The fraction of sp³-hybridized carbons (Fsp3) is 0.520. The second-order valence-electron chi connectivity index (χ2n) is 8.22. The molecule has 0 amide bonds. The van der Waals surface area contributed by atoms with Crippen molar-refractivity contribution in [1.29, 1.82) is 0 Å². The summed E-state index contributed by atoms with van der Waals surface area (Å²) < 4.78 is 5.96. The lowest BCUT2D eigenvalue weighted by Crippen LogP contribution is -2.47. The topological polar surface area (TPSA) is 75.7 Å². The van der Waals surface area contributed by atoms with Crippen molar-refractivity contribution in [1.82, 2.24) is 0 Å². The van der Waals surface area contributed by atoms with Crippen molar-refractivity contribution < 1.29 is 14.9 Å². The highest BCUT2D eigenvalue weighted by Crippen LogP contribution is 2.31. The third-order valence-corrected chi connectivity index (χ3v) is 5.56. The van der Waals surface area contributed by atoms with E-state index >= 15 is 0 Å². The molecule has 0 heterocycles. The van der Waals surface area contributed by atoms with Gasteiger partial charge < -0.3 is 20.7 Å². The van der Waals surface area contributed by atoms with Crippen LogP contribution in [0.2, 0.25) is 0 Å². The molecule has 0 spiro atoms. The van der Waals surface area contributed by atoms with Crippen molar-refractivity contribution in [3.63, 3.8) is 0 Å². The average Bonchev–Trinajstić information content (AvgIpc) is 2.72. The molecule has 0 fully saturated rings. The fourth-order valence-electron chi connectivity index (χ4n) is 3.62. The second kappa shape index (κ2) is 13.0. The van der Waals surface area contributed by atoms with Gasteiger partial charge in [-0.15, -0.1) is 12.4 Å². The van der Waals surface area contributed by atoms with Crippen LogP contribution >= 0.6 is 12.4 Å². The Morgan fingerprint density at radius 1 is 0.933 bits per heavy atom. The van der Waals surface area contributed by atoms with E-state index in [1.807, 2.05) is 0 Å². The highest BCUT2D eigenvalue weighted by molar-refractivity contribution is 5.85. The molecule has 0 atom stereocenters. The highest BCUT2D eigenvalue weighted by Gasteiger charge is 2.22. The van der Waals surface area contributed by atoms with E-state index in [0.29, 0.717) is 6.42 Å². The molecule has 0 aliphatic heterocycles. The van der Waals surface area contributed by atoms with E-state index in [2.05, 4.69) is 57.2 Å². The summed E-state index contributed by atoms with van der Waals surface area (Å²) in [5, 5.41) is 18.7. The number of hydrogen-bond acceptors (Lipinski definition) is 4. The van der Waals surface area contributed by atoms with Crippen LogP contribution in [0.25, 0.3) is 11.1 Å². The lowest BCUT2D eigenvalue weighted by Gasteiger charge is -2.24. The Labute approximate surface area is 187 Å². The third-order valence-electron chi connectivity index (χ3n) is 5.56. The zero-order valence-electron chi connectivity index (χ0n) is 18.6. The predicted molar refractivity (Wildman–Crippen MR) is 128 cm³/mol. The predicted octanol–water partition coefficient (Wildman–Crippen LogP) is 4.97. The van der Waals surface area contributed by atoms with Gasteiger partial charge in [-0.3, -0.25) is 0 Å². The maximum atomic E-state index is 9.34. The van der Waals surface area contributed by atoms with Crippen LogP contribution in [0.3, 0.4) is 0 Å². The van der Waals surface area contributed by atoms with E-state index < -0.39 is 5.54 Å². The first-order chi connectivity index (χ1) is 13.9. The third kappa shape index (κ3) is 7.59. The summed E-state index contributed by atoms with van der Waals surface area (Å²) in [6, 6.07) is 12.7. The molecular formula is C25H38ClNO3. The number of aliphatic hydroxyl groups excluding tert-OH is 2. The molecule has 0 saturated carbocycles. The molecule has 30 heavy (non-hydrogen) atoms. The van der Waals surface area contributed by atoms with Crippen molar-refractivity contribution in [3.05, 3.63) is 53.1 Å². The van der Waals surface area contributed by atoms with E-state index in [1.54, 1.807) is 0 Å². The summed E-state index contributed by atoms with van der Waals surface area (Å²) in [6.07, 6.45) is 6.10. The van der Waals surface area contributed by atoms with Gasteiger partial charge >= 0.3 is 0 Å². The minimum Gasteiger partial charge on any atom is -0.494 e. The minimum atomic E-state index is -0.918. The van der Waals surface area contributed by atoms with Crippen LogP contribution in [0.5, 0.6) is 5.75 Å². The van der Waals surface area contributed by atoms with E-state index in [1.165, 1.54) is 41.5 Å². The first-order valence-corrected chi connectivity index (χ1v) is 10.8. The normalized spacial score (nSPS) is 11.3. The number of aryl methyl sites for hydroxylation is 3. The van der Waals surface area contributed by atoms with Crippen molar-refractivity contribution >= 4 is 12.4 Å². The Bertz CT molecular complexity index is 734. The van der Waals surface area contributed by atoms with Crippen LogP contribution in [0, 0.1) is 13.8 Å². The molecule has 2 aromatic rings. The Hall–Kier alpha value is -1.59. The maximum absolute atomic E-state index is 9.34. The van der Waals surface area contributed by atoms with Gasteiger partial charge in [0.2, 0.25) is 0 Å². The lowest BCUT2D eigenvalue weighted by molar-refractivity contribution is 0.115. The summed E-state index contributed by atoms with van der Waals surface area (Å²) >= 11 is 0. The van der Waals surface area contributed by atoms with Gasteiger partial charge in [-0.2, -0.15) is 0 Å². The zero-order chi connectivity index (χ0) is 21.3. The number of nitrogens with two attached hydrogens (primary N) is 1. The molecule has 0 bridgehead atoms. The fourth-order valence-corrected chi connectivity index (χ4v) is 3.62. The second-order valence-corrected chi connectivity index (χ2v) is 8.22. The van der Waals surface area contributed by atoms with Crippen molar-refractivity contribution in [2.75, 3.05) is 19.8 Å². The maximum Gasteiger partial charge on any atom is 0.119 e. The first-order valence-electron chi connectivity index (χ1n) is 10.8. The molecule has 168 valence electrons. The summed E-state index contributed by atoms with van der Waals surface area (Å²) in [6.45, 7) is 6.82. The van der Waals surface area contributed by atoms with Crippen LogP contribution in [0.4, 0.5) is 0 Å². The number of rotatable bonds is 12. The van der Waals surface area contributed by atoms with Gasteiger partial charge in [-0.1, -0.05) is 50.5 Å². The quantitative estimate of drug-likeness (QED) is 0.411. The summed E-state index contributed by atoms with van der Waals surface area (Å²) in [5.74, 6) is 0.948. The first kappa shape index (κ1) is 26.4. The molecule has 0 radical (unpaired) electrons. The van der Waals surface area contributed by atoms with Crippen LogP contribution in [-0.4, -0.2) is 35.6 Å². The van der Waals surface area contributed by atoms with Crippen LogP contribution < -0.4 is 10.5 Å². The average molecular weight is 436 g/mol. The standard InChI is InChI=1S/C25H37NO3.ClH/c1-4-5-6-7-14-29-23-15-19(2)24(20(3)16-23)22-10-8-21(9-11-22)12-13-25(26,17-27)18-28;/h8-11,15-16,27-28H,4-7,12-14,17-18,26H2,1-3H3;1H. The number of hydrogen-bond donors (Lipinski definition) is 3. The van der Waals surface area contributed by atoms with Gasteiger partial charge in [0.15, 0.2) is 0 Å². The van der Waals surface area contributed by atoms with Crippen LogP contribution in [0.1, 0.15) is 55.7 Å². The monoisotopic (exact) mass is 435 g/mol. The zero-order valence-corrected chi connectivity index (χ0v) is 19.4. The van der Waals surface area contributed by atoms with E-state index in [9.17, 15) is 10.2 Å². The smallest absolute Gasteiger partial charge is 0.119 e. The Balaban J connectivity index is 0.00000450. The molecule has 2 aromatic carbocycles. The van der Waals surface area contributed by atoms with Gasteiger partial charge in [0, 0.05) is 0 Å². The molecule has 4 N–H and O–H groups in total. The Kier molecular flexibility index (Phi) is 11.4. The molecule has 5 heteroatoms. The molecule has 0 aliphatic carbocycles. The Morgan fingerprint density at radius 2 is 1.53 bits per heavy atom. The molecule has 0 aromatic heterocycles. The number of halogens is 1. The van der Waals surface area contributed by atoms with E-state index in [0.717, 1.165) is 30.8 Å². The van der Waals surface area contributed by atoms with Gasteiger partial charge in [0.25, 0.3) is 0 Å². The lowest BCUT2D eigenvalue weighted by atomic mass is 9.91. The van der Waals surface area contributed by atoms with Crippen LogP contribution in [0.15, 0.2) is 36.4 Å². The summed E-state index contributed by atoms with van der Waals surface area (Å²) in [7, 11) is 0. The van der Waals surface area contributed by atoms with Gasteiger partial charge in [-0.05, 0) is 73.1 Å². The molecule has 0 unspecified atom stereocenters. The summed E-state index contributed by atoms with van der Waals surface area (Å²) in [5.41, 5.74) is 11.0. The number of unbranched alkanes of at least 4 members (excludes halogenated alkanes) is 3. The van der Waals surface area contributed by atoms with Crippen molar-refractivity contribution in [3.8, 4) is 16.9 Å². The van der Waals surface area contributed by atoms with Gasteiger partial charge in [0.1, 0.15) is 5.75 Å². The highest BCUT2D eigenvalue weighted by atomic mass is 35.5. The largest absolute Gasteiger partial charge is 0.494 e. The van der Waals surface area contributed by atoms with Gasteiger partial charge in [-0.25, -0.2) is 0 Å². The summed E-state index contributed by atoms with van der Waals surface area (Å²) in [4.78, 5) is 0. The SMILES string of the molecule is CCCCCCOc1cc(C)c(-c2ccc(CCC(N)(CO)CO)cc2)c(C)c1.Cl. The van der Waals surface area contributed by atoms with Crippen LogP contribution in [-0.2, 0) is 6.42 Å². The minimum absolute atomic E-state index is 0. The van der Waals surface area contributed by atoms with E-state index in [-0.39, 0.29) is 25.6 Å². The molecule has 2 rings (SSSR count). The Morgan fingerprint density at radius 3 is 2.07 bits per heavy atom. The molecular weight excluding hydrogens is 398 g/mol. The number of aliphatic hydroxyl groups is 2. The number of benzene rings is 2.